The maximum Gasteiger partial charge on any atom is 0.201 e. The van der Waals surface area contributed by atoms with Gasteiger partial charge >= 0.3 is 0 Å². The van der Waals surface area contributed by atoms with Crippen molar-refractivity contribution in [3.8, 4) is 28.0 Å². The van der Waals surface area contributed by atoms with Gasteiger partial charge in [0.05, 0.1) is 0 Å². The second-order valence-electron chi connectivity index (χ2n) is 8.40. The molecule has 4 heteroatoms. The zero-order valence-electron chi connectivity index (χ0n) is 19.2. The van der Waals surface area contributed by atoms with Crippen LogP contribution in [0.2, 0.25) is 0 Å². The molecule has 1 aliphatic rings. The van der Waals surface area contributed by atoms with E-state index in [2.05, 4.69) is 24.8 Å². The van der Waals surface area contributed by atoms with Gasteiger partial charge in [0.2, 0.25) is 5.82 Å². The summed E-state index contributed by atoms with van der Waals surface area (Å²) in [6, 6.07) is 14.9. The lowest BCUT2D eigenvalue weighted by Gasteiger charge is -2.20. The number of benzene rings is 3. The van der Waals surface area contributed by atoms with Crippen LogP contribution in [0.15, 0.2) is 85.5 Å². The highest BCUT2D eigenvalue weighted by Gasteiger charge is 2.17. The van der Waals surface area contributed by atoms with Crippen molar-refractivity contribution in [3.05, 3.63) is 108 Å². The first-order chi connectivity index (χ1) is 16.5. The van der Waals surface area contributed by atoms with Crippen molar-refractivity contribution in [2.24, 2.45) is 5.92 Å². The summed E-state index contributed by atoms with van der Waals surface area (Å²) in [7, 11) is 0. The maximum atomic E-state index is 15.0. The highest BCUT2D eigenvalue weighted by molar-refractivity contribution is 5.74. The van der Waals surface area contributed by atoms with E-state index in [1.165, 1.54) is 23.8 Å². The van der Waals surface area contributed by atoms with Crippen molar-refractivity contribution in [1.29, 1.82) is 0 Å². The van der Waals surface area contributed by atoms with Crippen LogP contribution in [0.3, 0.4) is 0 Å². The topological polar surface area (TPSA) is 9.23 Å². The van der Waals surface area contributed by atoms with Crippen LogP contribution in [-0.4, -0.2) is 6.61 Å². The predicted octanol–water partition coefficient (Wildman–Crippen LogP) is 8.76. The Morgan fingerprint density at radius 2 is 1.59 bits per heavy atom. The van der Waals surface area contributed by atoms with Gasteiger partial charge < -0.3 is 4.74 Å². The van der Waals surface area contributed by atoms with Crippen molar-refractivity contribution < 1.29 is 17.9 Å². The molecule has 0 fully saturated rings. The molecular weight excluding hydrogens is 433 g/mol. The van der Waals surface area contributed by atoms with Crippen LogP contribution < -0.4 is 4.74 Å². The second-order valence-corrected chi connectivity index (χ2v) is 8.40. The fourth-order valence-electron chi connectivity index (χ4n) is 4.36. The van der Waals surface area contributed by atoms with Crippen LogP contribution in [0.25, 0.3) is 27.8 Å². The minimum Gasteiger partial charge on any atom is -0.486 e. The van der Waals surface area contributed by atoms with Gasteiger partial charge in [-0.1, -0.05) is 67.3 Å². The van der Waals surface area contributed by atoms with Crippen LogP contribution >= 0.6 is 0 Å². The molecule has 0 saturated heterocycles. The fraction of sp³-hybridized carbons (Fsp3) is 0.200. The van der Waals surface area contributed by atoms with E-state index in [1.54, 1.807) is 36.4 Å². The maximum absolute atomic E-state index is 15.0. The van der Waals surface area contributed by atoms with Gasteiger partial charge in [0.1, 0.15) is 12.4 Å². The highest BCUT2D eigenvalue weighted by atomic mass is 19.2. The van der Waals surface area contributed by atoms with Gasteiger partial charge in [0.15, 0.2) is 11.6 Å². The highest BCUT2D eigenvalue weighted by Crippen LogP contribution is 2.35. The number of hydrogen-bond donors (Lipinski definition) is 0. The van der Waals surface area contributed by atoms with Gasteiger partial charge in [-0.25, -0.2) is 8.78 Å². The number of rotatable bonds is 7. The molecule has 0 bridgehead atoms. The Labute approximate surface area is 198 Å². The van der Waals surface area contributed by atoms with Crippen molar-refractivity contribution in [3.63, 3.8) is 0 Å². The van der Waals surface area contributed by atoms with E-state index >= 15 is 4.39 Å². The van der Waals surface area contributed by atoms with Crippen LogP contribution in [-0.2, 0) is 0 Å². The van der Waals surface area contributed by atoms with Gasteiger partial charge in [0, 0.05) is 11.1 Å². The summed E-state index contributed by atoms with van der Waals surface area (Å²) in [5, 5.41) is 0. The normalized spacial score (nSPS) is 15.9. The van der Waals surface area contributed by atoms with Gasteiger partial charge in [-0.2, -0.15) is 4.39 Å². The molecule has 174 valence electrons. The molecule has 4 rings (SSSR count). The molecule has 0 aliphatic heterocycles. The quantitative estimate of drug-likeness (QED) is 0.320. The first-order valence-corrected chi connectivity index (χ1v) is 11.5. The second kappa shape index (κ2) is 10.6. The Morgan fingerprint density at radius 3 is 2.21 bits per heavy atom. The van der Waals surface area contributed by atoms with Crippen molar-refractivity contribution in [1.82, 2.24) is 0 Å². The fourth-order valence-corrected chi connectivity index (χ4v) is 4.36. The summed E-state index contributed by atoms with van der Waals surface area (Å²) < 4.78 is 49.1. The van der Waals surface area contributed by atoms with E-state index in [1.807, 2.05) is 13.0 Å². The first-order valence-electron chi connectivity index (χ1n) is 11.5. The third-order valence-corrected chi connectivity index (χ3v) is 6.17. The number of ether oxygens (including phenoxy) is 1. The molecule has 0 saturated carbocycles. The molecule has 0 N–H and O–H groups in total. The lowest BCUT2D eigenvalue weighted by atomic mass is 9.86. The zero-order valence-corrected chi connectivity index (χ0v) is 19.2. The van der Waals surface area contributed by atoms with E-state index in [4.69, 9.17) is 4.74 Å². The lowest BCUT2D eigenvalue weighted by Crippen LogP contribution is -2.02. The summed E-state index contributed by atoms with van der Waals surface area (Å²) in [5.41, 5.74) is 3.85. The molecular formula is C30H27F3O. The molecule has 34 heavy (non-hydrogen) atoms. The molecule has 0 radical (unpaired) electrons. The van der Waals surface area contributed by atoms with Crippen molar-refractivity contribution in [2.75, 3.05) is 6.61 Å². The number of allylic oxidation sites excluding steroid dienone is 4. The van der Waals surface area contributed by atoms with Gasteiger partial charge in [-0.15, -0.1) is 0 Å². The Bertz CT molecular complexity index is 1240. The van der Waals surface area contributed by atoms with Gasteiger partial charge in [-0.05, 0) is 72.6 Å². The molecule has 1 aliphatic carbocycles. The average molecular weight is 461 g/mol. The van der Waals surface area contributed by atoms with Crippen LogP contribution in [0.5, 0.6) is 5.75 Å². The van der Waals surface area contributed by atoms with E-state index in [9.17, 15) is 8.78 Å². The minimum absolute atomic E-state index is 0.0861. The van der Waals surface area contributed by atoms with Crippen LogP contribution in [0.1, 0.15) is 31.7 Å². The SMILES string of the molecule is C=CCOc1ccc(-c2ccc(-c3ccc(C4=CCC(C=CC)CC4)cc3F)cc2)c(F)c1F. The van der Waals surface area contributed by atoms with Crippen molar-refractivity contribution in [2.45, 2.75) is 26.2 Å². The molecule has 1 nitrogen and oxygen atoms in total. The van der Waals surface area contributed by atoms with Gasteiger partial charge in [-0.3, -0.25) is 0 Å². The monoisotopic (exact) mass is 460 g/mol. The zero-order chi connectivity index (χ0) is 24.1. The molecule has 0 aromatic heterocycles. The minimum atomic E-state index is -1.04. The van der Waals surface area contributed by atoms with Crippen molar-refractivity contribution >= 4 is 5.57 Å². The summed E-state index contributed by atoms with van der Waals surface area (Å²) >= 11 is 0. The standard InChI is InChI=1S/C30H27F3O/c1-3-5-20-6-8-21(9-7-20)24-14-15-25(27(31)19-24)22-10-12-23(13-11-22)26-16-17-28(34-18-4-2)30(33)29(26)32/h3-5,8,10-17,19-20H,2,6-7,9,18H2,1H3. The van der Waals surface area contributed by atoms with Gasteiger partial charge in [0.25, 0.3) is 0 Å². The smallest absolute Gasteiger partial charge is 0.201 e. The third kappa shape index (κ3) is 5.01. The van der Waals surface area contributed by atoms with Crippen LogP contribution in [0.4, 0.5) is 13.2 Å². The Hall–Kier alpha value is -3.53. The Balaban J connectivity index is 1.54. The first kappa shape index (κ1) is 23.6. The van der Waals surface area contributed by atoms with E-state index in [0.717, 1.165) is 24.8 Å². The lowest BCUT2D eigenvalue weighted by molar-refractivity contribution is 0.333. The molecule has 3 aromatic rings. The van der Waals surface area contributed by atoms with E-state index in [0.29, 0.717) is 22.6 Å². The summed E-state index contributed by atoms with van der Waals surface area (Å²) in [5.74, 6) is -1.93. The Kier molecular flexibility index (Phi) is 7.36. The molecule has 0 amide bonds. The predicted molar refractivity (Wildman–Crippen MR) is 133 cm³/mol. The Morgan fingerprint density at radius 1 is 0.912 bits per heavy atom. The summed E-state index contributed by atoms with van der Waals surface area (Å²) in [6.45, 7) is 5.62. The van der Waals surface area contributed by atoms with E-state index < -0.39 is 11.6 Å². The summed E-state index contributed by atoms with van der Waals surface area (Å²) in [6.07, 6.45) is 11.0. The molecule has 0 spiro atoms. The van der Waals surface area contributed by atoms with E-state index in [-0.39, 0.29) is 23.7 Å². The third-order valence-electron chi connectivity index (χ3n) is 6.17. The summed E-state index contributed by atoms with van der Waals surface area (Å²) in [4.78, 5) is 0. The molecule has 0 heterocycles. The largest absolute Gasteiger partial charge is 0.486 e. The molecule has 3 aromatic carbocycles. The molecule has 1 atom stereocenters. The van der Waals surface area contributed by atoms with Crippen LogP contribution in [0, 0.1) is 23.4 Å². The molecule has 1 unspecified atom stereocenters. The number of hydrogen-bond acceptors (Lipinski definition) is 1. The number of halogens is 3. The average Bonchev–Trinajstić information content (AvgIpc) is 2.86.